The van der Waals surface area contributed by atoms with Crippen LogP contribution in [0, 0.1) is 13.8 Å². The summed E-state index contributed by atoms with van der Waals surface area (Å²) in [6.07, 6.45) is 1.27. The van der Waals surface area contributed by atoms with Crippen molar-refractivity contribution in [3.05, 3.63) is 106 Å². The Hall–Kier alpha value is -2.76. The number of benzene rings is 3. The van der Waals surface area contributed by atoms with Gasteiger partial charge in [-0.2, -0.15) is 0 Å². The number of halogens is 1. The fourth-order valence-electron chi connectivity index (χ4n) is 4.27. The van der Waals surface area contributed by atoms with Crippen molar-refractivity contribution in [1.82, 2.24) is 10.2 Å². The fraction of sp³-hybridized carbons (Fsp3) is 0.355. The highest BCUT2D eigenvalue weighted by Gasteiger charge is 2.30. The maximum atomic E-state index is 13.7. The van der Waals surface area contributed by atoms with E-state index in [1.165, 1.54) is 16.7 Å². The van der Waals surface area contributed by atoms with Gasteiger partial charge < -0.3 is 10.2 Å². The molecule has 0 heterocycles. The lowest BCUT2D eigenvalue weighted by molar-refractivity contribution is -0.139. The van der Waals surface area contributed by atoms with Gasteiger partial charge in [-0.3, -0.25) is 9.59 Å². The standard InChI is InChI=1S/C31H37ClN2O2S/c1-5-24(4)33-31(36)29(18-25-9-7-6-8-10-25)34(19-26-11-13-28(32)14-12-26)30(35)21-37-20-27-16-22(2)15-23(3)17-27/h6-17,24,29H,5,18-21H2,1-4H3,(H,33,36)/t24-,29-/m1/s1. The molecule has 3 aromatic carbocycles. The highest BCUT2D eigenvalue weighted by Crippen LogP contribution is 2.21. The lowest BCUT2D eigenvalue weighted by Crippen LogP contribution is -2.52. The normalized spacial score (nSPS) is 12.6. The van der Waals surface area contributed by atoms with Gasteiger partial charge in [-0.1, -0.05) is 90.3 Å². The molecule has 4 nitrogen and oxygen atoms in total. The number of amides is 2. The molecule has 0 unspecified atom stereocenters. The van der Waals surface area contributed by atoms with Gasteiger partial charge in [0, 0.05) is 29.8 Å². The molecule has 0 radical (unpaired) electrons. The number of nitrogens with zero attached hydrogens (tertiary/aromatic N) is 1. The van der Waals surface area contributed by atoms with Crippen molar-refractivity contribution >= 4 is 35.2 Å². The summed E-state index contributed by atoms with van der Waals surface area (Å²) in [5.41, 5.74) is 5.59. The molecule has 2 atom stereocenters. The van der Waals surface area contributed by atoms with E-state index >= 15 is 0 Å². The summed E-state index contributed by atoms with van der Waals surface area (Å²) in [4.78, 5) is 29.0. The average molecular weight is 537 g/mol. The topological polar surface area (TPSA) is 49.4 Å². The Kier molecular flexibility index (Phi) is 11.1. The maximum Gasteiger partial charge on any atom is 0.243 e. The van der Waals surface area contributed by atoms with Gasteiger partial charge in [-0.15, -0.1) is 11.8 Å². The van der Waals surface area contributed by atoms with E-state index in [0.717, 1.165) is 23.3 Å². The van der Waals surface area contributed by atoms with E-state index in [0.29, 0.717) is 23.7 Å². The van der Waals surface area contributed by atoms with Crippen molar-refractivity contribution in [2.24, 2.45) is 0 Å². The van der Waals surface area contributed by atoms with E-state index in [-0.39, 0.29) is 17.9 Å². The summed E-state index contributed by atoms with van der Waals surface area (Å²) < 4.78 is 0. The molecule has 3 rings (SSSR count). The predicted octanol–water partition coefficient (Wildman–Crippen LogP) is 6.74. The maximum absolute atomic E-state index is 13.7. The lowest BCUT2D eigenvalue weighted by Gasteiger charge is -2.32. The highest BCUT2D eigenvalue weighted by molar-refractivity contribution is 7.99. The summed E-state index contributed by atoms with van der Waals surface area (Å²) in [5.74, 6) is 0.859. The number of carbonyl (C=O) groups is 2. The summed E-state index contributed by atoms with van der Waals surface area (Å²) >= 11 is 7.69. The third-order valence-electron chi connectivity index (χ3n) is 6.31. The monoisotopic (exact) mass is 536 g/mol. The van der Waals surface area contributed by atoms with Crippen LogP contribution in [0.4, 0.5) is 0 Å². The van der Waals surface area contributed by atoms with Crippen molar-refractivity contribution < 1.29 is 9.59 Å². The van der Waals surface area contributed by atoms with Crippen molar-refractivity contribution in [1.29, 1.82) is 0 Å². The van der Waals surface area contributed by atoms with E-state index in [1.54, 1.807) is 16.7 Å². The molecule has 196 valence electrons. The number of carbonyl (C=O) groups excluding carboxylic acids is 2. The zero-order valence-corrected chi connectivity index (χ0v) is 23.7. The molecule has 1 N–H and O–H groups in total. The molecule has 0 aromatic heterocycles. The minimum absolute atomic E-state index is 0.0252. The Morgan fingerprint density at radius 2 is 1.57 bits per heavy atom. The van der Waals surface area contributed by atoms with Gasteiger partial charge in [-0.25, -0.2) is 0 Å². The summed E-state index contributed by atoms with van der Waals surface area (Å²) in [6, 6.07) is 23.2. The highest BCUT2D eigenvalue weighted by atomic mass is 35.5. The predicted molar refractivity (Wildman–Crippen MR) is 156 cm³/mol. The molecule has 0 aliphatic carbocycles. The first kappa shape index (κ1) is 28.8. The van der Waals surface area contributed by atoms with Crippen LogP contribution in [0.1, 0.15) is 48.1 Å². The van der Waals surface area contributed by atoms with Crippen molar-refractivity contribution in [2.45, 2.75) is 64.9 Å². The SMILES string of the molecule is CC[C@@H](C)NC(=O)[C@@H](Cc1ccccc1)N(Cc1ccc(Cl)cc1)C(=O)CSCc1cc(C)cc(C)c1. The molecular formula is C31H37ClN2O2S. The van der Waals surface area contributed by atoms with E-state index in [2.05, 4.69) is 37.4 Å². The molecule has 0 aliphatic heterocycles. The Morgan fingerprint density at radius 3 is 2.19 bits per heavy atom. The Morgan fingerprint density at radius 1 is 0.919 bits per heavy atom. The first-order chi connectivity index (χ1) is 17.7. The number of thioether (sulfide) groups is 1. The molecule has 0 bridgehead atoms. The zero-order valence-electron chi connectivity index (χ0n) is 22.2. The van der Waals surface area contributed by atoms with Gasteiger partial charge in [0.25, 0.3) is 0 Å². The molecule has 3 aromatic rings. The van der Waals surface area contributed by atoms with Crippen LogP contribution < -0.4 is 5.32 Å². The third-order valence-corrected chi connectivity index (χ3v) is 7.55. The first-order valence-corrected chi connectivity index (χ1v) is 14.3. The largest absolute Gasteiger partial charge is 0.352 e. The molecule has 37 heavy (non-hydrogen) atoms. The first-order valence-electron chi connectivity index (χ1n) is 12.8. The lowest BCUT2D eigenvalue weighted by atomic mass is 10.0. The molecule has 6 heteroatoms. The molecule has 2 amide bonds. The van der Waals surface area contributed by atoms with Crippen molar-refractivity contribution in [3.63, 3.8) is 0 Å². The second-order valence-corrected chi connectivity index (χ2v) is 11.1. The minimum Gasteiger partial charge on any atom is -0.352 e. The molecule has 0 saturated heterocycles. The molecule has 0 aliphatic rings. The van der Waals surface area contributed by atoms with Crippen LogP contribution in [-0.4, -0.2) is 34.6 Å². The molecule has 0 saturated carbocycles. The van der Waals surface area contributed by atoms with Crippen LogP contribution in [-0.2, 0) is 28.3 Å². The van der Waals surface area contributed by atoms with Gasteiger partial charge in [0.1, 0.15) is 6.04 Å². The van der Waals surface area contributed by atoms with E-state index in [1.807, 2.05) is 68.4 Å². The molecule has 0 spiro atoms. The Labute approximate surface area is 230 Å². The van der Waals surface area contributed by atoms with Crippen LogP contribution in [0.25, 0.3) is 0 Å². The Bertz CT molecular complexity index is 1150. The third kappa shape index (κ3) is 9.24. The van der Waals surface area contributed by atoms with E-state index < -0.39 is 6.04 Å². The smallest absolute Gasteiger partial charge is 0.243 e. The minimum atomic E-state index is -0.624. The van der Waals surface area contributed by atoms with Gasteiger partial charge in [0.15, 0.2) is 0 Å². The summed E-state index contributed by atoms with van der Waals surface area (Å²) in [5, 5.41) is 3.75. The number of rotatable bonds is 12. The molecule has 0 fully saturated rings. The van der Waals surface area contributed by atoms with Gasteiger partial charge in [0.05, 0.1) is 5.75 Å². The second-order valence-electron chi connectivity index (χ2n) is 9.66. The van der Waals surface area contributed by atoms with Crippen LogP contribution in [0.5, 0.6) is 0 Å². The summed E-state index contributed by atoms with van der Waals surface area (Å²) in [6.45, 7) is 8.54. The number of hydrogen-bond donors (Lipinski definition) is 1. The van der Waals surface area contributed by atoms with Crippen LogP contribution in [0.2, 0.25) is 5.02 Å². The van der Waals surface area contributed by atoms with E-state index in [4.69, 9.17) is 11.6 Å². The van der Waals surface area contributed by atoms with Crippen molar-refractivity contribution in [2.75, 3.05) is 5.75 Å². The van der Waals surface area contributed by atoms with Crippen molar-refractivity contribution in [3.8, 4) is 0 Å². The van der Waals surface area contributed by atoms with Gasteiger partial charge >= 0.3 is 0 Å². The van der Waals surface area contributed by atoms with Crippen LogP contribution >= 0.6 is 23.4 Å². The van der Waals surface area contributed by atoms with Crippen LogP contribution in [0.15, 0.2) is 72.8 Å². The zero-order chi connectivity index (χ0) is 26.8. The quantitative estimate of drug-likeness (QED) is 0.279. The summed E-state index contributed by atoms with van der Waals surface area (Å²) in [7, 11) is 0. The Balaban J connectivity index is 1.85. The number of hydrogen-bond acceptors (Lipinski definition) is 3. The average Bonchev–Trinajstić information content (AvgIpc) is 2.87. The van der Waals surface area contributed by atoms with E-state index in [9.17, 15) is 9.59 Å². The second kappa shape index (κ2) is 14.3. The van der Waals surface area contributed by atoms with Crippen LogP contribution in [0.3, 0.4) is 0 Å². The fourth-order valence-corrected chi connectivity index (χ4v) is 5.24. The van der Waals surface area contributed by atoms with Gasteiger partial charge in [-0.05, 0) is 56.0 Å². The number of aryl methyl sites for hydroxylation is 2. The molecular weight excluding hydrogens is 500 g/mol. The van der Waals surface area contributed by atoms with Gasteiger partial charge in [0.2, 0.25) is 11.8 Å². The number of nitrogens with one attached hydrogen (secondary N) is 1.